The molecule has 1 atom stereocenters. The van der Waals surface area contributed by atoms with Crippen molar-refractivity contribution in [3.05, 3.63) is 253 Å². The highest BCUT2D eigenvalue weighted by Crippen LogP contribution is 2.50. The zero-order chi connectivity index (χ0) is 49.1. The van der Waals surface area contributed by atoms with Gasteiger partial charge in [0.2, 0.25) is 0 Å². The Morgan fingerprint density at radius 1 is 0.360 bits per heavy atom. The first-order chi connectivity index (χ1) is 37.2. The van der Waals surface area contributed by atoms with Gasteiger partial charge in [0, 0.05) is 60.8 Å². The average Bonchev–Trinajstić information content (AvgIpc) is 4.05. The third-order valence-corrected chi connectivity index (χ3v) is 16.1. The van der Waals surface area contributed by atoms with E-state index in [4.69, 9.17) is 19.4 Å². The van der Waals surface area contributed by atoms with E-state index in [9.17, 15) is 0 Å². The molecule has 0 saturated carbocycles. The van der Waals surface area contributed by atoms with Gasteiger partial charge in [0.1, 0.15) is 11.2 Å². The van der Waals surface area contributed by atoms with Gasteiger partial charge in [-0.1, -0.05) is 194 Å². The van der Waals surface area contributed by atoms with Crippen molar-refractivity contribution in [1.29, 1.82) is 0 Å². The van der Waals surface area contributed by atoms with E-state index in [1.807, 2.05) is 0 Å². The Morgan fingerprint density at radius 2 is 0.920 bits per heavy atom. The number of para-hydroxylation sites is 2. The minimum Gasteiger partial charge on any atom is -0.455 e. The highest BCUT2D eigenvalue weighted by molar-refractivity contribution is 6.20. The largest absolute Gasteiger partial charge is 0.455 e. The zero-order valence-corrected chi connectivity index (χ0v) is 40.7. The second-order valence-corrected chi connectivity index (χ2v) is 20.1. The topological polar surface area (TPSA) is 56.7 Å². The van der Waals surface area contributed by atoms with Crippen molar-refractivity contribution in [3.8, 4) is 51.0 Å². The number of hydrogen-bond acceptors (Lipinski definition) is 4. The van der Waals surface area contributed by atoms with Gasteiger partial charge in [0.25, 0.3) is 0 Å². The summed E-state index contributed by atoms with van der Waals surface area (Å²) in [6, 6.07) is 85.4. The molecular formula is C70H44N4O. The minimum atomic E-state index is 0.0168. The Morgan fingerprint density at radius 3 is 1.72 bits per heavy atom. The second kappa shape index (κ2) is 16.4. The van der Waals surface area contributed by atoms with Crippen molar-refractivity contribution in [1.82, 2.24) is 19.5 Å². The van der Waals surface area contributed by atoms with Crippen LogP contribution in [0.4, 0.5) is 0 Å². The van der Waals surface area contributed by atoms with E-state index in [0.29, 0.717) is 17.5 Å². The minimum absolute atomic E-state index is 0.0168. The molecule has 5 heteroatoms. The lowest BCUT2D eigenvalue weighted by Crippen LogP contribution is -2.05. The predicted molar refractivity (Wildman–Crippen MR) is 310 cm³/mol. The molecule has 1 aliphatic rings. The van der Waals surface area contributed by atoms with Gasteiger partial charge in [-0.15, -0.1) is 0 Å². The molecule has 15 aromatic rings. The lowest BCUT2D eigenvalue weighted by molar-refractivity contribution is 0.650. The molecule has 12 aromatic carbocycles. The van der Waals surface area contributed by atoms with Crippen molar-refractivity contribution >= 4 is 86.8 Å². The number of aromatic nitrogens is 4. The third-order valence-electron chi connectivity index (χ3n) is 16.1. The molecule has 0 N–H and O–H groups in total. The SMILES string of the molecule is c1ccc(-n2c3ccccc3c3c(-c4nc(-c5cccc6ccccc56)nc(-c5ccc([C@H]6CCc7cc8ccccc8cc7-c7c6ccc6ccccc76)c6oc7c8ccccc8ccc7c56)n4)cccc32)cc1. The quantitative estimate of drug-likeness (QED) is 0.172. The first-order valence-electron chi connectivity index (χ1n) is 25.9. The predicted octanol–water partition coefficient (Wildman–Crippen LogP) is 18.2. The van der Waals surface area contributed by atoms with Crippen LogP contribution in [0.3, 0.4) is 0 Å². The summed E-state index contributed by atoms with van der Waals surface area (Å²) < 4.78 is 9.81. The molecule has 3 heterocycles. The maximum Gasteiger partial charge on any atom is 0.164 e. The molecule has 0 fully saturated rings. The molecule has 350 valence electrons. The smallest absolute Gasteiger partial charge is 0.164 e. The summed E-state index contributed by atoms with van der Waals surface area (Å²) in [5.74, 6) is 1.82. The molecule has 16 rings (SSSR count). The van der Waals surface area contributed by atoms with Gasteiger partial charge >= 0.3 is 0 Å². The van der Waals surface area contributed by atoms with E-state index < -0.39 is 0 Å². The van der Waals surface area contributed by atoms with Gasteiger partial charge in [-0.05, 0) is 115 Å². The standard InChI is InChI=1S/C70H44N4O/c1-2-22-48(23-3-1)74-61-30-13-12-27-56(61)64-58(29-15-31-62(64)74)69-71-68(55-28-14-21-42-16-6-9-24-49(42)55)72-70(73-69)59-39-38-54(67-65(59)57-37-33-44-18-8-11-26-51(44)66(57)75-67)52-35-34-47-40-45-19-4-5-20-46(45)41-60(47)63-50-25-10-7-17-43(50)32-36-53(52)63/h1-33,36-41,52H,34-35H2/t52-/m0/s1. The molecule has 1 aliphatic carbocycles. The van der Waals surface area contributed by atoms with Crippen LogP contribution in [0.5, 0.6) is 0 Å². The summed E-state index contributed by atoms with van der Waals surface area (Å²) in [7, 11) is 0. The van der Waals surface area contributed by atoms with E-state index in [1.165, 1.54) is 43.8 Å². The number of furan rings is 1. The van der Waals surface area contributed by atoms with Crippen molar-refractivity contribution < 1.29 is 4.42 Å². The van der Waals surface area contributed by atoms with Crippen molar-refractivity contribution in [3.63, 3.8) is 0 Å². The Balaban J connectivity index is 0.983. The fourth-order valence-corrected chi connectivity index (χ4v) is 12.7. The van der Waals surface area contributed by atoms with Crippen LogP contribution in [0.15, 0.2) is 241 Å². The monoisotopic (exact) mass is 956 g/mol. The van der Waals surface area contributed by atoms with Crippen molar-refractivity contribution in [2.24, 2.45) is 0 Å². The van der Waals surface area contributed by atoms with E-state index in [2.05, 4.69) is 241 Å². The number of fused-ring (bicyclic) bond motifs is 15. The molecule has 0 aliphatic heterocycles. The Labute approximate surface area is 431 Å². The first-order valence-corrected chi connectivity index (χ1v) is 25.9. The van der Waals surface area contributed by atoms with Gasteiger partial charge < -0.3 is 8.98 Å². The van der Waals surface area contributed by atoms with Crippen LogP contribution in [0.25, 0.3) is 138 Å². The van der Waals surface area contributed by atoms with Crippen LogP contribution < -0.4 is 0 Å². The summed E-state index contributed by atoms with van der Waals surface area (Å²) in [5, 5.41) is 13.7. The van der Waals surface area contributed by atoms with E-state index in [1.54, 1.807) is 0 Å². The van der Waals surface area contributed by atoms with Gasteiger partial charge in [-0.2, -0.15) is 0 Å². The molecule has 0 radical (unpaired) electrons. The van der Waals surface area contributed by atoms with Crippen molar-refractivity contribution in [2.45, 2.75) is 18.8 Å². The summed E-state index contributed by atoms with van der Waals surface area (Å²) >= 11 is 0. The van der Waals surface area contributed by atoms with E-state index in [0.717, 1.165) is 106 Å². The second-order valence-electron chi connectivity index (χ2n) is 20.1. The molecule has 0 unspecified atom stereocenters. The fourth-order valence-electron chi connectivity index (χ4n) is 12.7. The highest BCUT2D eigenvalue weighted by atomic mass is 16.3. The number of aryl methyl sites for hydroxylation is 1. The summed E-state index contributed by atoms with van der Waals surface area (Å²) in [5.41, 5.74) is 14.3. The summed E-state index contributed by atoms with van der Waals surface area (Å²) in [4.78, 5) is 16.7. The van der Waals surface area contributed by atoms with Crippen LogP contribution in [0.1, 0.15) is 29.0 Å². The summed E-state index contributed by atoms with van der Waals surface area (Å²) in [6.07, 6.45) is 1.82. The Kier molecular flexibility index (Phi) is 9.16. The normalized spacial score (nSPS) is 13.6. The molecule has 75 heavy (non-hydrogen) atoms. The molecule has 0 amide bonds. The average molecular weight is 957 g/mol. The van der Waals surface area contributed by atoms with Crippen LogP contribution in [-0.4, -0.2) is 19.5 Å². The molecule has 3 aromatic heterocycles. The molecule has 0 spiro atoms. The van der Waals surface area contributed by atoms with E-state index >= 15 is 0 Å². The lowest BCUT2D eigenvalue weighted by Gasteiger charge is -2.21. The van der Waals surface area contributed by atoms with Gasteiger partial charge in [-0.25, -0.2) is 15.0 Å². The van der Waals surface area contributed by atoms with Gasteiger partial charge in [0.05, 0.1) is 11.0 Å². The van der Waals surface area contributed by atoms with Crippen LogP contribution >= 0.6 is 0 Å². The van der Waals surface area contributed by atoms with E-state index in [-0.39, 0.29) is 5.92 Å². The number of benzene rings is 12. The fraction of sp³-hybridized carbons (Fsp3) is 0.0429. The molecule has 5 nitrogen and oxygen atoms in total. The third kappa shape index (κ3) is 6.41. The number of rotatable bonds is 5. The van der Waals surface area contributed by atoms with Crippen LogP contribution in [0.2, 0.25) is 0 Å². The van der Waals surface area contributed by atoms with Gasteiger partial charge in [-0.3, -0.25) is 0 Å². The molecule has 0 bridgehead atoms. The molecule has 0 saturated heterocycles. The first kappa shape index (κ1) is 41.9. The van der Waals surface area contributed by atoms with Crippen molar-refractivity contribution in [2.75, 3.05) is 0 Å². The van der Waals surface area contributed by atoms with Crippen LogP contribution in [0, 0.1) is 0 Å². The maximum atomic E-state index is 7.46. The molecular weight excluding hydrogens is 913 g/mol. The van der Waals surface area contributed by atoms with Crippen LogP contribution in [-0.2, 0) is 6.42 Å². The zero-order valence-electron chi connectivity index (χ0n) is 40.7. The Hall–Kier alpha value is -9.71. The maximum absolute atomic E-state index is 7.46. The van der Waals surface area contributed by atoms with Gasteiger partial charge in [0.15, 0.2) is 17.5 Å². The number of nitrogens with zero attached hydrogens (tertiary/aromatic N) is 4. The highest BCUT2D eigenvalue weighted by Gasteiger charge is 2.31. The summed E-state index contributed by atoms with van der Waals surface area (Å²) in [6.45, 7) is 0. The lowest BCUT2D eigenvalue weighted by atomic mass is 9.82. The number of hydrogen-bond donors (Lipinski definition) is 0. The Bertz CT molecular complexity index is 4850.